The lowest BCUT2D eigenvalue weighted by molar-refractivity contribution is -0.145. The van der Waals surface area contributed by atoms with Crippen molar-refractivity contribution in [3.8, 4) is 0 Å². The summed E-state index contributed by atoms with van der Waals surface area (Å²) in [4.78, 5) is 48.9. The highest BCUT2D eigenvalue weighted by molar-refractivity contribution is 6.03. The molecule has 136 valence electrons. The molecule has 1 fully saturated rings. The number of H-pyrrole nitrogens is 1. The Bertz CT molecular complexity index is 792. The molecule has 0 aromatic carbocycles. The average molecular weight is 350 g/mol. The van der Waals surface area contributed by atoms with Gasteiger partial charge in [-0.25, -0.2) is 10.2 Å². The Morgan fingerprint density at radius 2 is 2.20 bits per heavy atom. The van der Waals surface area contributed by atoms with Gasteiger partial charge in [0, 0.05) is 24.7 Å². The number of carbonyl (C=O) groups excluding carboxylic acids is 2. The number of hydrogen-bond donors (Lipinski definition) is 2. The van der Waals surface area contributed by atoms with Crippen molar-refractivity contribution in [3.05, 3.63) is 32.6 Å². The molecular formula is C16H22N4O5. The molecule has 1 atom stereocenters. The molecule has 1 aliphatic carbocycles. The quantitative estimate of drug-likeness (QED) is 0.555. The molecule has 0 radical (unpaired) electrons. The Kier molecular flexibility index (Phi) is 6.26. The van der Waals surface area contributed by atoms with Gasteiger partial charge >= 0.3 is 11.7 Å². The van der Waals surface area contributed by atoms with Gasteiger partial charge in [-0.3, -0.25) is 23.9 Å². The zero-order valence-electron chi connectivity index (χ0n) is 14.3. The number of amides is 1. The van der Waals surface area contributed by atoms with Crippen LogP contribution in [-0.4, -0.2) is 33.7 Å². The van der Waals surface area contributed by atoms with E-state index in [0.29, 0.717) is 30.7 Å². The number of aromatic amines is 1. The molecule has 0 bridgehead atoms. The lowest BCUT2D eigenvalue weighted by Gasteiger charge is -2.10. The molecule has 1 aliphatic rings. The van der Waals surface area contributed by atoms with Crippen molar-refractivity contribution < 1.29 is 14.3 Å². The Morgan fingerprint density at radius 1 is 1.44 bits per heavy atom. The van der Waals surface area contributed by atoms with Gasteiger partial charge in [0.1, 0.15) is 0 Å². The first kappa shape index (κ1) is 18.6. The molecule has 2 rings (SSSR count). The third-order valence-electron chi connectivity index (χ3n) is 3.99. The van der Waals surface area contributed by atoms with Crippen LogP contribution >= 0.6 is 0 Å². The summed E-state index contributed by atoms with van der Waals surface area (Å²) in [5.41, 5.74) is 2.42. The van der Waals surface area contributed by atoms with E-state index >= 15 is 0 Å². The van der Waals surface area contributed by atoms with E-state index < -0.39 is 17.2 Å². The van der Waals surface area contributed by atoms with E-state index in [1.165, 1.54) is 10.8 Å². The van der Waals surface area contributed by atoms with E-state index in [1.54, 1.807) is 13.8 Å². The summed E-state index contributed by atoms with van der Waals surface area (Å²) in [6.45, 7) is 3.75. The fraction of sp³-hybridized carbons (Fsp3) is 0.562. The van der Waals surface area contributed by atoms with Crippen LogP contribution in [0.25, 0.3) is 0 Å². The van der Waals surface area contributed by atoms with Gasteiger partial charge in [-0.2, -0.15) is 5.10 Å². The summed E-state index contributed by atoms with van der Waals surface area (Å²) >= 11 is 0. The summed E-state index contributed by atoms with van der Waals surface area (Å²) in [5, 5.41) is 4.05. The molecule has 2 N–H and O–H groups in total. The molecule has 1 heterocycles. The van der Waals surface area contributed by atoms with Crippen molar-refractivity contribution in [2.75, 3.05) is 6.61 Å². The summed E-state index contributed by atoms with van der Waals surface area (Å²) in [6.07, 6.45) is 3.56. The number of hydrogen-bond acceptors (Lipinski definition) is 6. The number of nitrogens with zero attached hydrogens (tertiary/aromatic N) is 2. The lowest BCUT2D eigenvalue weighted by Crippen LogP contribution is -2.32. The number of nitrogens with one attached hydrogen (secondary N) is 2. The predicted molar refractivity (Wildman–Crippen MR) is 90.2 cm³/mol. The molecule has 1 amide bonds. The number of rotatable bonds is 6. The van der Waals surface area contributed by atoms with Crippen molar-refractivity contribution in [2.45, 2.75) is 46.1 Å². The maximum Gasteiger partial charge on any atom is 0.328 e. The second kappa shape index (κ2) is 8.41. The number of ether oxygens (including phenoxy) is 1. The number of esters is 1. The molecule has 1 saturated carbocycles. The van der Waals surface area contributed by atoms with E-state index in [0.717, 1.165) is 6.42 Å². The molecule has 1 aromatic rings. The van der Waals surface area contributed by atoms with E-state index in [-0.39, 0.29) is 24.8 Å². The van der Waals surface area contributed by atoms with Gasteiger partial charge in [-0.05, 0) is 33.1 Å². The minimum Gasteiger partial charge on any atom is -0.465 e. The van der Waals surface area contributed by atoms with Crippen LogP contribution in [0.4, 0.5) is 0 Å². The van der Waals surface area contributed by atoms with E-state index in [1.807, 2.05) is 0 Å². The highest BCUT2D eigenvalue weighted by Gasteiger charge is 2.30. The van der Waals surface area contributed by atoms with Crippen LogP contribution in [0.5, 0.6) is 0 Å². The highest BCUT2D eigenvalue weighted by atomic mass is 16.5. The van der Waals surface area contributed by atoms with Crippen molar-refractivity contribution in [3.63, 3.8) is 0 Å². The van der Waals surface area contributed by atoms with Gasteiger partial charge in [0.05, 0.1) is 18.2 Å². The standard InChI is InChI=1S/C16H22N4O5/c1-3-25-15(23)11-5-4-6-12(11)18-19-13(21)7-8-20-9-10(2)14(22)17-16(20)24/h9,11H,3-8H2,1-2H3,(H,19,21)(H,17,22,24)/b18-12+. The molecule has 0 spiro atoms. The number of aromatic nitrogens is 2. The maximum atomic E-state index is 11.9. The Labute approximate surface area is 144 Å². The van der Waals surface area contributed by atoms with Crippen molar-refractivity contribution in [2.24, 2.45) is 11.0 Å². The minimum absolute atomic E-state index is 0.0201. The van der Waals surface area contributed by atoms with Gasteiger partial charge in [0.15, 0.2) is 0 Å². The molecule has 0 saturated heterocycles. The third-order valence-corrected chi connectivity index (χ3v) is 3.99. The van der Waals surface area contributed by atoms with Gasteiger partial charge in [-0.15, -0.1) is 0 Å². The Balaban J connectivity index is 1.92. The first-order chi connectivity index (χ1) is 11.9. The van der Waals surface area contributed by atoms with E-state index in [4.69, 9.17) is 4.74 Å². The van der Waals surface area contributed by atoms with Gasteiger partial charge < -0.3 is 4.74 Å². The van der Waals surface area contributed by atoms with Crippen LogP contribution in [-0.2, 0) is 20.9 Å². The third kappa shape index (κ3) is 4.88. The molecule has 25 heavy (non-hydrogen) atoms. The zero-order valence-corrected chi connectivity index (χ0v) is 14.3. The minimum atomic E-state index is -0.562. The second-order valence-electron chi connectivity index (χ2n) is 5.85. The summed E-state index contributed by atoms with van der Waals surface area (Å²) in [5.74, 6) is -1.09. The van der Waals surface area contributed by atoms with Crippen LogP contribution < -0.4 is 16.7 Å². The largest absolute Gasteiger partial charge is 0.465 e. The monoisotopic (exact) mass is 350 g/mol. The summed E-state index contributed by atoms with van der Waals surface area (Å²) < 4.78 is 6.27. The molecule has 1 unspecified atom stereocenters. The van der Waals surface area contributed by atoms with E-state index in [9.17, 15) is 19.2 Å². The van der Waals surface area contributed by atoms with Crippen LogP contribution in [0.2, 0.25) is 0 Å². The number of aryl methyl sites for hydroxylation is 2. The second-order valence-corrected chi connectivity index (χ2v) is 5.85. The summed E-state index contributed by atoms with van der Waals surface area (Å²) in [6, 6.07) is 0. The first-order valence-electron chi connectivity index (χ1n) is 8.24. The fourth-order valence-electron chi connectivity index (χ4n) is 2.66. The average Bonchev–Trinajstić information content (AvgIpc) is 3.04. The van der Waals surface area contributed by atoms with Crippen LogP contribution in [0.3, 0.4) is 0 Å². The van der Waals surface area contributed by atoms with Crippen molar-refractivity contribution in [1.82, 2.24) is 15.0 Å². The van der Waals surface area contributed by atoms with E-state index in [2.05, 4.69) is 15.5 Å². The normalized spacial score (nSPS) is 18.3. The molecule has 1 aromatic heterocycles. The lowest BCUT2D eigenvalue weighted by atomic mass is 10.1. The predicted octanol–water partition coefficient (Wildman–Crippen LogP) is 0.0705. The molecular weight excluding hydrogens is 328 g/mol. The smallest absolute Gasteiger partial charge is 0.328 e. The molecule has 9 heteroatoms. The Hall–Kier alpha value is -2.71. The van der Waals surface area contributed by atoms with Crippen molar-refractivity contribution >= 4 is 17.6 Å². The number of carbonyl (C=O) groups is 2. The maximum absolute atomic E-state index is 11.9. The van der Waals surface area contributed by atoms with Crippen LogP contribution in [0.15, 0.2) is 20.9 Å². The van der Waals surface area contributed by atoms with Crippen molar-refractivity contribution in [1.29, 1.82) is 0 Å². The van der Waals surface area contributed by atoms with Gasteiger partial charge in [0.2, 0.25) is 5.91 Å². The fourth-order valence-corrected chi connectivity index (χ4v) is 2.66. The highest BCUT2D eigenvalue weighted by Crippen LogP contribution is 2.23. The number of hydrazone groups is 1. The first-order valence-corrected chi connectivity index (χ1v) is 8.24. The molecule has 0 aliphatic heterocycles. The SMILES string of the molecule is CCOC(=O)C1CCC/C1=N\NC(=O)CCn1cc(C)c(=O)[nH]c1=O. The van der Waals surface area contributed by atoms with Gasteiger partial charge in [-0.1, -0.05) is 0 Å². The summed E-state index contributed by atoms with van der Waals surface area (Å²) in [7, 11) is 0. The Morgan fingerprint density at radius 3 is 2.92 bits per heavy atom. The van der Waals surface area contributed by atoms with Gasteiger partial charge in [0.25, 0.3) is 5.56 Å². The van der Waals surface area contributed by atoms with Crippen LogP contribution in [0.1, 0.15) is 38.2 Å². The molecule has 9 nitrogen and oxygen atoms in total. The van der Waals surface area contributed by atoms with Crippen LogP contribution in [0, 0.1) is 12.8 Å². The zero-order chi connectivity index (χ0) is 18.4. The topological polar surface area (TPSA) is 123 Å².